The molecule has 4 heteroatoms. The largest absolute Gasteiger partial charge is 0.427 e. The van der Waals surface area contributed by atoms with Crippen LogP contribution >= 0.6 is 0 Å². The van der Waals surface area contributed by atoms with E-state index in [0.717, 1.165) is 18.0 Å². The Kier molecular flexibility index (Phi) is 3.00. The van der Waals surface area contributed by atoms with Crippen LogP contribution in [-0.2, 0) is 4.79 Å². The number of hydrogen-bond acceptors (Lipinski definition) is 3. The van der Waals surface area contributed by atoms with Gasteiger partial charge in [0, 0.05) is 36.5 Å². The Morgan fingerprint density at radius 3 is 2.81 bits per heavy atom. The summed E-state index contributed by atoms with van der Waals surface area (Å²) >= 11 is 0. The summed E-state index contributed by atoms with van der Waals surface area (Å²) in [6.45, 7) is 5.11. The van der Waals surface area contributed by atoms with Crippen molar-refractivity contribution in [3.63, 3.8) is 0 Å². The molecular formula is C17H20N2O2. The second-order valence-electron chi connectivity index (χ2n) is 6.29. The number of H-pyrrole nitrogens is 1. The summed E-state index contributed by atoms with van der Waals surface area (Å²) in [5, 5.41) is 1.20. The zero-order chi connectivity index (χ0) is 14.4. The van der Waals surface area contributed by atoms with Crippen molar-refractivity contribution in [1.82, 2.24) is 9.88 Å². The first-order chi connectivity index (χ1) is 10.2. The lowest BCUT2D eigenvalue weighted by atomic mass is 9.75. The van der Waals surface area contributed by atoms with E-state index in [1.165, 1.54) is 43.8 Å². The Morgan fingerprint density at radius 2 is 2.14 bits per heavy atom. The Labute approximate surface area is 124 Å². The van der Waals surface area contributed by atoms with Crippen LogP contribution in [0.25, 0.3) is 10.9 Å². The minimum absolute atomic E-state index is 0.269. The molecule has 2 aromatic rings. The predicted octanol–water partition coefficient (Wildman–Crippen LogP) is 2.90. The van der Waals surface area contributed by atoms with E-state index in [1.54, 1.807) is 0 Å². The average molecular weight is 284 g/mol. The molecule has 0 saturated carbocycles. The van der Waals surface area contributed by atoms with Crippen LogP contribution in [0.1, 0.15) is 31.2 Å². The molecule has 2 bridgehead atoms. The third-order valence-corrected chi connectivity index (χ3v) is 5.00. The molecule has 1 aromatic carbocycles. The highest BCUT2D eigenvalue weighted by Gasteiger charge is 2.35. The van der Waals surface area contributed by atoms with Crippen molar-refractivity contribution in [1.29, 1.82) is 0 Å². The fraction of sp³-hybridized carbons (Fsp3) is 0.471. The van der Waals surface area contributed by atoms with Crippen LogP contribution in [0.15, 0.2) is 24.4 Å². The van der Waals surface area contributed by atoms with Crippen LogP contribution in [0.4, 0.5) is 0 Å². The fourth-order valence-corrected chi connectivity index (χ4v) is 3.97. The molecule has 4 nitrogen and oxygen atoms in total. The van der Waals surface area contributed by atoms with E-state index >= 15 is 0 Å². The third-order valence-electron chi connectivity index (χ3n) is 5.00. The fourth-order valence-electron chi connectivity index (χ4n) is 3.97. The molecular weight excluding hydrogens is 264 g/mol. The minimum atomic E-state index is -0.269. The number of carbonyl (C=O) groups is 1. The molecule has 3 saturated heterocycles. The summed E-state index contributed by atoms with van der Waals surface area (Å²) in [5.41, 5.74) is 2.51. The normalized spacial score (nSPS) is 28.0. The topological polar surface area (TPSA) is 45.3 Å². The summed E-state index contributed by atoms with van der Waals surface area (Å²) in [6, 6.07) is 5.85. The molecule has 110 valence electrons. The molecule has 3 aliphatic rings. The van der Waals surface area contributed by atoms with E-state index in [1.807, 2.05) is 18.2 Å². The van der Waals surface area contributed by atoms with Gasteiger partial charge in [0.05, 0.1) is 0 Å². The monoisotopic (exact) mass is 284 g/mol. The van der Waals surface area contributed by atoms with Crippen LogP contribution < -0.4 is 4.74 Å². The highest BCUT2D eigenvalue weighted by molar-refractivity contribution is 5.86. The van der Waals surface area contributed by atoms with E-state index in [-0.39, 0.29) is 5.97 Å². The first-order valence-electron chi connectivity index (χ1n) is 7.72. The number of benzene rings is 1. The smallest absolute Gasteiger partial charge is 0.308 e. The molecule has 1 atom stereocenters. The van der Waals surface area contributed by atoms with Crippen molar-refractivity contribution < 1.29 is 9.53 Å². The number of nitrogens with one attached hydrogen (secondary N) is 1. The highest BCUT2D eigenvalue weighted by atomic mass is 16.5. The number of aromatic nitrogens is 1. The maximum atomic E-state index is 11.1. The third kappa shape index (κ3) is 2.23. The van der Waals surface area contributed by atoms with Gasteiger partial charge in [-0.15, -0.1) is 0 Å². The number of piperidine rings is 3. The van der Waals surface area contributed by atoms with Crippen molar-refractivity contribution in [2.24, 2.45) is 5.92 Å². The van der Waals surface area contributed by atoms with Crippen LogP contribution in [0, 0.1) is 5.92 Å². The van der Waals surface area contributed by atoms with Gasteiger partial charge in [-0.2, -0.15) is 0 Å². The van der Waals surface area contributed by atoms with Crippen molar-refractivity contribution in [2.75, 3.05) is 19.6 Å². The van der Waals surface area contributed by atoms with Crippen LogP contribution in [0.2, 0.25) is 0 Å². The quantitative estimate of drug-likeness (QED) is 0.681. The van der Waals surface area contributed by atoms with Gasteiger partial charge in [-0.25, -0.2) is 0 Å². The lowest BCUT2D eigenvalue weighted by Crippen LogP contribution is -2.46. The van der Waals surface area contributed by atoms with Gasteiger partial charge in [0.15, 0.2) is 0 Å². The zero-order valence-electron chi connectivity index (χ0n) is 12.3. The Bertz CT molecular complexity index is 683. The highest BCUT2D eigenvalue weighted by Crippen LogP contribution is 2.41. The van der Waals surface area contributed by atoms with E-state index in [9.17, 15) is 4.79 Å². The standard InChI is InChI=1S/C17H20N2O2/c1-11(20)21-13-2-3-17-14(8-13)15(9-18-17)16-10-19-6-4-12(16)5-7-19/h2-3,8-9,12,16,18H,4-7,10H2,1H3. The molecule has 3 aliphatic heterocycles. The number of esters is 1. The first kappa shape index (κ1) is 12.9. The van der Waals surface area contributed by atoms with Gasteiger partial charge in [-0.1, -0.05) is 0 Å². The molecule has 0 radical (unpaired) electrons. The van der Waals surface area contributed by atoms with Crippen molar-refractivity contribution >= 4 is 16.9 Å². The first-order valence-corrected chi connectivity index (χ1v) is 7.72. The zero-order valence-corrected chi connectivity index (χ0v) is 12.3. The van der Waals surface area contributed by atoms with Gasteiger partial charge in [0.2, 0.25) is 0 Å². The average Bonchev–Trinajstić information content (AvgIpc) is 2.91. The van der Waals surface area contributed by atoms with Gasteiger partial charge < -0.3 is 14.6 Å². The molecule has 1 aromatic heterocycles. The predicted molar refractivity (Wildman–Crippen MR) is 81.5 cm³/mol. The van der Waals surface area contributed by atoms with Crippen LogP contribution in [-0.4, -0.2) is 35.5 Å². The molecule has 0 amide bonds. The Hall–Kier alpha value is -1.81. The molecule has 0 aliphatic carbocycles. The molecule has 3 fully saturated rings. The molecule has 21 heavy (non-hydrogen) atoms. The number of fused-ring (bicyclic) bond motifs is 4. The molecule has 1 N–H and O–H groups in total. The van der Waals surface area contributed by atoms with Crippen molar-refractivity contribution in [2.45, 2.75) is 25.7 Å². The van der Waals surface area contributed by atoms with Crippen LogP contribution in [0.5, 0.6) is 5.75 Å². The number of rotatable bonds is 2. The van der Waals surface area contributed by atoms with Crippen molar-refractivity contribution in [3.8, 4) is 5.75 Å². The van der Waals surface area contributed by atoms with E-state index in [2.05, 4.69) is 16.1 Å². The maximum absolute atomic E-state index is 11.1. The number of nitrogens with zero attached hydrogens (tertiary/aromatic N) is 1. The Morgan fingerprint density at radius 1 is 1.33 bits per heavy atom. The van der Waals surface area contributed by atoms with Gasteiger partial charge in [-0.05, 0) is 55.6 Å². The number of hydrogen-bond donors (Lipinski definition) is 1. The number of ether oxygens (including phenoxy) is 1. The van der Waals surface area contributed by atoms with E-state index in [0.29, 0.717) is 11.7 Å². The van der Waals surface area contributed by atoms with Gasteiger partial charge in [0.25, 0.3) is 0 Å². The number of aromatic amines is 1. The second-order valence-corrected chi connectivity index (χ2v) is 6.29. The van der Waals surface area contributed by atoms with E-state index < -0.39 is 0 Å². The van der Waals surface area contributed by atoms with Gasteiger partial charge in [-0.3, -0.25) is 4.79 Å². The van der Waals surface area contributed by atoms with E-state index in [4.69, 9.17) is 4.74 Å². The van der Waals surface area contributed by atoms with Gasteiger partial charge >= 0.3 is 5.97 Å². The molecule has 1 unspecified atom stereocenters. The summed E-state index contributed by atoms with van der Waals surface area (Å²) in [7, 11) is 0. The SMILES string of the molecule is CC(=O)Oc1ccc2[nH]cc(C3CN4CCC3CC4)c2c1. The maximum Gasteiger partial charge on any atom is 0.308 e. The van der Waals surface area contributed by atoms with Crippen LogP contribution in [0.3, 0.4) is 0 Å². The molecule has 5 rings (SSSR count). The molecule has 4 heterocycles. The minimum Gasteiger partial charge on any atom is -0.427 e. The summed E-state index contributed by atoms with van der Waals surface area (Å²) in [4.78, 5) is 17.1. The summed E-state index contributed by atoms with van der Waals surface area (Å²) in [5.74, 6) is 1.77. The van der Waals surface area contributed by atoms with Crippen molar-refractivity contribution in [3.05, 3.63) is 30.0 Å². The van der Waals surface area contributed by atoms with Gasteiger partial charge in [0.1, 0.15) is 5.75 Å². The number of carbonyl (C=O) groups excluding carboxylic acids is 1. The summed E-state index contributed by atoms with van der Waals surface area (Å²) < 4.78 is 5.23. The molecule has 0 spiro atoms. The summed E-state index contributed by atoms with van der Waals surface area (Å²) in [6.07, 6.45) is 4.76. The lowest BCUT2D eigenvalue weighted by molar-refractivity contribution is -0.131. The second kappa shape index (κ2) is 4.88. The lowest BCUT2D eigenvalue weighted by Gasteiger charge is -2.44. The Balaban J connectivity index is 1.73.